The Kier molecular flexibility index (Phi) is 4.41. The monoisotopic (exact) mass is 252 g/mol. The molecule has 0 N–H and O–H groups in total. The van der Waals surface area contributed by atoms with E-state index in [1.54, 1.807) is 0 Å². The Balaban J connectivity index is 1.88. The Morgan fingerprint density at radius 2 is 2.17 bits per heavy atom. The summed E-state index contributed by atoms with van der Waals surface area (Å²) in [6, 6.07) is 0. The van der Waals surface area contributed by atoms with Crippen LogP contribution in [-0.4, -0.2) is 18.4 Å². The predicted molar refractivity (Wildman–Crippen MR) is 69.0 cm³/mol. The fourth-order valence-electron chi connectivity index (χ4n) is 3.63. The van der Waals surface area contributed by atoms with Gasteiger partial charge < -0.3 is 4.74 Å². The van der Waals surface area contributed by atoms with Gasteiger partial charge in [-0.15, -0.1) is 0 Å². The highest BCUT2D eigenvalue weighted by Gasteiger charge is 2.38. The lowest BCUT2D eigenvalue weighted by molar-refractivity contribution is -0.143. The average molecular weight is 252 g/mol. The molecule has 0 aromatic rings. The molecule has 0 amide bonds. The molecule has 0 aromatic heterocycles. The highest BCUT2D eigenvalue weighted by molar-refractivity contribution is 5.82. The number of esters is 1. The molecule has 3 heteroatoms. The van der Waals surface area contributed by atoms with E-state index in [1.807, 2.05) is 0 Å². The van der Waals surface area contributed by atoms with Gasteiger partial charge in [0.25, 0.3) is 0 Å². The van der Waals surface area contributed by atoms with E-state index in [-0.39, 0.29) is 5.97 Å². The molecule has 2 rings (SSSR count). The zero-order chi connectivity index (χ0) is 13.1. The van der Waals surface area contributed by atoms with E-state index in [2.05, 4.69) is 6.92 Å². The van der Waals surface area contributed by atoms with Crippen LogP contribution in [0.15, 0.2) is 0 Å². The number of ketones is 1. The topological polar surface area (TPSA) is 43.4 Å². The Morgan fingerprint density at radius 3 is 2.89 bits per heavy atom. The molecule has 3 nitrogen and oxygen atoms in total. The predicted octanol–water partition coefficient (Wildman–Crippen LogP) is 2.97. The van der Waals surface area contributed by atoms with Gasteiger partial charge in [-0.3, -0.25) is 9.59 Å². The maximum Gasteiger partial charge on any atom is 0.302 e. The number of carbonyl (C=O) groups is 2. The summed E-state index contributed by atoms with van der Waals surface area (Å²) in [5.74, 6) is 2.15. The molecular weight excluding hydrogens is 228 g/mol. The van der Waals surface area contributed by atoms with Crippen molar-refractivity contribution in [1.82, 2.24) is 0 Å². The number of ether oxygens (including phenoxy) is 1. The lowest BCUT2D eigenvalue weighted by Gasteiger charge is -2.40. The molecule has 2 aliphatic rings. The van der Waals surface area contributed by atoms with Crippen LogP contribution in [-0.2, 0) is 14.3 Å². The molecule has 0 aromatic carbocycles. The summed E-state index contributed by atoms with van der Waals surface area (Å²) in [4.78, 5) is 22.8. The van der Waals surface area contributed by atoms with Gasteiger partial charge in [0.1, 0.15) is 5.78 Å². The first-order chi connectivity index (χ1) is 8.58. The van der Waals surface area contributed by atoms with Crippen molar-refractivity contribution >= 4 is 11.8 Å². The van der Waals surface area contributed by atoms with E-state index in [4.69, 9.17) is 4.74 Å². The second-order valence-corrected chi connectivity index (χ2v) is 6.08. The number of carbonyl (C=O) groups excluding carboxylic acids is 2. The number of fused-ring (bicyclic) bond motifs is 1. The normalized spacial score (nSPS) is 33.7. The number of rotatable bonds is 3. The van der Waals surface area contributed by atoms with Crippen LogP contribution in [0.25, 0.3) is 0 Å². The van der Waals surface area contributed by atoms with Gasteiger partial charge in [0.15, 0.2) is 0 Å². The van der Waals surface area contributed by atoms with Crippen LogP contribution < -0.4 is 0 Å². The highest BCUT2D eigenvalue weighted by atomic mass is 16.5. The van der Waals surface area contributed by atoms with Crippen LogP contribution in [0.4, 0.5) is 0 Å². The lowest BCUT2D eigenvalue weighted by Crippen LogP contribution is -2.36. The molecular formula is C15H24O3. The van der Waals surface area contributed by atoms with Crippen molar-refractivity contribution in [3.63, 3.8) is 0 Å². The lowest BCUT2D eigenvalue weighted by atomic mass is 9.65. The Hall–Kier alpha value is -0.860. The minimum Gasteiger partial charge on any atom is -0.466 e. The minimum absolute atomic E-state index is 0.204. The molecule has 2 fully saturated rings. The molecule has 18 heavy (non-hydrogen) atoms. The maximum absolute atomic E-state index is 12.0. The van der Waals surface area contributed by atoms with Crippen molar-refractivity contribution in [2.24, 2.45) is 23.7 Å². The first-order valence-corrected chi connectivity index (χ1v) is 7.24. The summed E-state index contributed by atoms with van der Waals surface area (Å²) >= 11 is 0. The zero-order valence-corrected chi connectivity index (χ0v) is 11.5. The largest absolute Gasteiger partial charge is 0.466 e. The van der Waals surface area contributed by atoms with Crippen molar-refractivity contribution in [3.05, 3.63) is 0 Å². The van der Waals surface area contributed by atoms with Crippen LogP contribution in [0.2, 0.25) is 0 Å². The third-order valence-electron chi connectivity index (χ3n) is 4.80. The van der Waals surface area contributed by atoms with E-state index in [1.165, 1.54) is 26.2 Å². The van der Waals surface area contributed by atoms with Crippen molar-refractivity contribution in [2.75, 3.05) is 6.61 Å². The molecule has 3 unspecified atom stereocenters. The Labute approximate surface area is 109 Å². The third-order valence-corrected chi connectivity index (χ3v) is 4.80. The summed E-state index contributed by atoms with van der Waals surface area (Å²) in [5, 5.41) is 0. The van der Waals surface area contributed by atoms with Crippen LogP contribution in [0.3, 0.4) is 0 Å². The minimum atomic E-state index is -0.204. The van der Waals surface area contributed by atoms with Gasteiger partial charge in [-0.05, 0) is 49.9 Å². The molecule has 0 saturated heterocycles. The summed E-state index contributed by atoms with van der Waals surface area (Å²) < 4.78 is 5.10. The van der Waals surface area contributed by atoms with E-state index >= 15 is 0 Å². The van der Waals surface area contributed by atoms with Crippen molar-refractivity contribution in [3.8, 4) is 0 Å². The summed E-state index contributed by atoms with van der Waals surface area (Å²) in [5.41, 5.74) is 0. The molecule has 0 aliphatic heterocycles. The van der Waals surface area contributed by atoms with E-state index in [9.17, 15) is 9.59 Å². The molecule has 2 saturated carbocycles. The van der Waals surface area contributed by atoms with E-state index in [0.29, 0.717) is 36.1 Å². The van der Waals surface area contributed by atoms with Crippen LogP contribution >= 0.6 is 0 Å². The fraction of sp³-hybridized carbons (Fsp3) is 0.867. The Bertz CT molecular complexity index is 324. The average Bonchev–Trinajstić information content (AvgIpc) is 2.36. The first-order valence-electron chi connectivity index (χ1n) is 7.24. The third kappa shape index (κ3) is 3.12. The van der Waals surface area contributed by atoms with Crippen molar-refractivity contribution in [2.45, 2.75) is 52.4 Å². The van der Waals surface area contributed by atoms with Gasteiger partial charge in [0, 0.05) is 19.3 Å². The van der Waals surface area contributed by atoms with Gasteiger partial charge in [0.05, 0.1) is 6.61 Å². The van der Waals surface area contributed by atoms with Gasteiger partial charge in [-0.25, -0.2) is 0 Å². The Morgan fingerprint density at radius 1 is 1.39 bits per heavy atom. The van der Waals surface area contributed by atoms with Crippen molar-refractivity contribution < 1.29 is 14.3 Å². The molecule has 4 atom stereocenters. The van der Waals surface area contributed by atoms with Crippen LogP contribution in [0.1, 0.15) is 52.4 Å². The van der Waals surface area contributed by atoms with E-state index in [0.717, 1.165) is 19.3 Å². The maximum atomic E-state index is 12.0. The quantitative estimate of drug-likeness (QED) is 0.725. The second-order valence-electron chi connectivity index (χ2n) is 6.08. The van der Waals surface area contributed by atoms with Crippen LogP contribution in [0.5, 0.6) is 0 Å². The van der Waals surface area contributed by atoms with Crippen molar-refractivity contribution in [1.29, 1.82) is 0 Å². The van der Waals surface area contributed by atoms with Crippen LogP contribution in [0, 0.1) is 23.7 Å². The summed E-state index contributed by atoms with van der Waals surface area (Å²) in [7, 11) is 0. The van der Waals surface area contributed by atoms with Gasteiger partial charge in [-0.2, -0.15) is 0 Å². The molecule has 0 spiro atoms. The SMILES string of the molecule is CC(=O)OCC(C)[C@H]1CCC2CCCC(=O)C2C1. The fourth-order valence-corrected chi connectivity index (χ4v) is 3.63. The molecule has 2 aliphatic carbocycles. The summed E-state index contributed by atoms with van der Waals surface area (Å²) in [6.07, 6.45) is 6.51. The van der Waals surface area contributed by atoms with E-state index < -0.39 is 0 Å². The van der Waals surface area contributed by atoms with Gasteiger partial charge in [-0.1, -0.05) is 6.92 Å². The van der Waals surface area contributed by atoms with Gasteiger partial charge in [0.2, 0.25) is 0 Å². The molecule has 0 radical (unpaired) electrons. The molecule has 0 bridgehead atoms. The zero-order valence-electron chi connectivity index (χ0n) is 11.5. The molecule has 102 valence electrons. The second kappa shape index (κ2) is 5.85. The number of Topliss-reactive ketones (excluding diaryl/α,β-unsaturated/α-hetero) is 1. The first kappa shape index (κ1) is 13.6. The molecule has 0 heterocycles. The number of hydrogen-bond donors (Lipinski definition) is 0. The highest BCUT2D eigenvalue weighted by Crippen LogP contribution is 2.43. The standard InChI is InChI=1S/C15H24O3/c1-10(9-18-11(2)16)13-7-6-12-4-3-5-15(17)14(12)8-13/h10,12-14H,3-9H2,1-2H3/t10?,12?,13-,14?/m0/s1. The smallest absolute Gasteiger partial charge is 0.302 e. The summed E-state index contributed by atoms with van der Waals surface area (Å²) in [6.45, 7) is 4.10. The van der Waals surface area contributed by atoms with Gasteiger partial charge >= 0.3 is 5.97 Å². The number of hydrogen-bond acceptors (Lipinski definition) is 3.